The number of hydrogen-bond acceptors (Lipinski definition) is 3. The van der Waals surface area contributed by atoms with Crippen LogP contribution in [0, 0.1) is 24.8 Å². The standard InChI is InChI=1S/2C17H9F6N2.C7H5N4.Ir/c2*18-16(19,20)12-3-1-5-14(9-12)24-7-8-25(11-24)15-6-2-4-13(10-15)17(21,22)23;1-2-4-8-6(3-1)7-9-5-10-11-7;/h2*1-5,7-10H;1-5H;/q3*-1;. The Morgan fingerprint density at radius 2 is 0.968 bits per heavy atom. The molecular formula is C41H23F12IrN8-3. The third kappa shape index (κ3) is 12.0. The molecule has 0 saturated carbocycles. The Morgan fingerprint density at radius 1 is 0.516 bits per heavy atom. The minimum Gasteiger partial charge on any atom is -0.424 e. The first-order valence-corrected chi connectivity index (χ1v) is 17.1. The van der Waals surface area contributed by atoms with Gasteiger partial charge in [0.1, 0.15) is 0 Å². The molecule has 62 heavy (non-hydrogen) atoms. The summed E-state index contributed by atoms with van der Waals surface area (Å²) in [6.45, 7) is 0. The average Bonchev–Trinajstić information content (AvgIpc) is 4.05. The van der Waals surface area contributed by atoms with Crippen LogP contribution in [0.15, 0.2) is 140 Å². The van der Waals surface area contributed by atoms with Crippen LogP contribution < -0.4 is 14.2 Å². The van der Waals surface area contributed by atoms with Crippen molar-refractivity contribution in [1.29, 1.82) is 0 Å². The molecule has 0 aliphatic carbocycles. The maximum absolute atomic E-state index is 12.8. The molecule has 0 saturated heterocycles. The number of halogens is 12. The van der Waals surface area contributed by atoms with Crippen LogP contribution in [0.5, 0.6) is 0 Å². The second kappa shape index (κ2) is 19.0. The number of benzene rings is 4. The van der Waals surface area contributed by atoms with E-state index >= 15 is 0 Å². The van der Waals surface area contributed by atoms with Gasteiger partial charge in [-0.3, -0.25) is 19.2 Å². The molecular weight excluding hydrogens is 1020 g/mol. The molecule has 0 amide bonds. The van der Waals surface area contributed by atoms with Gasteiger partial charge in [-0.1, -0.05) is 41.5 Å². The summed E-state index contributed by atoms with van der Waals surface area (Å²) in [7, 11) is 0. The Kier molecular flexibility index (Phi) is 14.2. The second-order valence-corrected chi connectivity index (χ2v) is 12.3. The molecule has 4 aromatic carbocycles. The summed E-state index contributed by atoms with van der Waals surface area (Å²) in [6, 6.07) is 25.7. The largest absolute Gasteiger partial charge is 0.424 e. The molecule has 0 spiro atoms. The van der Waals surface area contributed by atoms with E-state index in [0.717, 1.165) is 66.4 Å². The molecule has 1 radical (unpaired) electrons. The van der Waals surface area contributed by atoms with Gasteiger partial charge in [-0.25, -0.2) is 0 Å². The van der Waals surface area contributed by atoms with Gasteiger partial charge in [-0.2, -0.15) is 89.1 Å². The van der Waals surface area contributed by atoms with E-state index in [4.69, 9.17) is 0 Å². The molecule has 21 heteroatoms. The zero-order valence-electron chi connectivity index (χ0n) is 30.7. The van der Waals surface area contributed by atoms with Crippen molar-refractivity contribution in [2.45, 2.75) is 24.7 Å². The fourth-order valence-corrected chi connectivity index (χ4v) is 5.19. The first kappa shape index (κ1) is 46.5. The monoisotopic (exact) mass is 1050 g/mol. The van der Waals surface area contributed by atoms with Gasteiger partial charge in [-0.05, 0) is 53.6 Å². The summed E-state index contributed by atoms with van der Waals surface area (Å²) in [5, 5.41) is 7.36. The fourth-order valence-electron chi connectivity index (χ4n) is 5.19. The summed E-state index contributed by atoms with van der Waals surface area (Å²) in [6.07, 6.45) is -4.00. The molecule has 323 valence electrons. The van der Waals surface area contributed by atoms with E-state index in [0.29, 0.717) is 5.82 Å². The Balaban J connectivity index is 0.000000186. The number of pyridine rings is 1. The topological polar surface area (TPSA) is 70.4 Å². The van der Waals surface area contributed by atoms with Crippen molar-refractivity contribution in [1.82, 2.24) is 29.3 Å². The van der Waals surface area contributed by atoms with E-state index in [1.54, 1.807) is 6.20 Å². The minimum absolute atomic E-state index is 0. The molecule has 8 nitrogen and oxygen atoms in total. The normalized spacial score (nSPS) is 11.7. The van der Waals surface area contributed by atoms with Crippen LogP contribution in [0.4, 0.5) is 52.7 Å². The maximum atomic E-state index is 12.8. The fraction of sp³-hybridized carbons (Fsp3) is 0.0976. The van der Waals surface area contributed by atoms with Gasteiger partial charge in [0.05, 0.1) is 28.2 Å². The van der Waals surface area contributed by atoms with Gasteiger partial charge in [0.15, 0.2) is 0 Å². The van der Waals surface area contributed by atoms with Crippen LogP contribution in [-0.2, 0) is 44.8 Å². The van der Waals surface area contributed by atoms with Gasteiger partial charge in [0.25, 0.3) is 12.7 Å². The van der Waals surface area contributed by atoms with Crippen molar-refractivity contribution in [2.75, 3.05) is 0 Å². The van der Waals surface area contributed by atoms with Crippen LogP contribution in [-0.4, -0.2) is 24.2 Å². The van der Waals surface area contributed by atoms with Gasteiger partial charge >= 0.3 is 24.7 Å². The average molecular weight is 1050 g/mol. The van der Waals surface area contributed by atoms with Crippen molar-refractivity contribution < 1.29 is 81.9 Å². The van der Waals surface area contributed by atoms with Crippen LogP contribution in [0.3, 0.4) is 0 Å². The molecule has 8 rings (SSSR count). The smallest absolute Gasteiger partial charge is 0.415 e. The second-order valence-electron chi connectivity index (χ2n) is 12.3. The van der Waals surface area contributed by atoms with Crippen molar-refractivity contribution in [3.8, 4) is 34.3 Å². The van der Waals surface area contributed by atoms with Gasteiger partial charge < -0.3 is 19.2 Å². The molecule has 0 fully saturated rings. The van der Waals surface area contributed by atoms with E-state index in [1.807, 2.05) is 18.2 Å². The minimum atomic E-state index is -4.51. The quantitative estimate of drug-likeness (QED) is 0.0980. The number of rotatable bonds is 5. The summed E-state index contributed by atoms with van der Waals surface area (Å²) in [4.78, 5) is 7.96. The molecule has 4 heterocycles. The Labute approximate surface area is 356 Å². The number of aromatic nitrogens is 8. The summed E-state index contributed by atoms with van der Waals surface area (Å²) < 4.78 is 158. The summed E-state index contributed by atoms with van der Waals surface area (Å²) in [5.74, 6) is 0.575. The van der Waals surface area contributed by atoms with Gasteiger partial charge in [0, 0.05) is 57.4 Å². The summed E-state index contributed by atoms with van der Waals surface area (Å²) in [5.41, 5.74) is -2.11. The Morgan fingerprint density at radius 3 is 1.35 bits per heavy atom. The SMILES string of the molecule is FC(F)(F)c1cc[c-]c(-n2[c-][n+](-c3cccc(C(F)(F)F)c3)cc2)c1.FC(F)(F)c1cc[c-]c(-n2[c-][n+](-c3cccc(C(F)(F)F)c3)cc2)c1.[Ir].c1ccc(-c2ncn[n-]2)nc1. The first-order valence-electron chi connectivity index (χ1n) is 17.1. The van der Waals surface area contributed by atoms with E-state index in [1.165, 1.54) is 73.6 Å². The predicted octanol–water partition coefficient (Wildman–Crippen LogP) is 9.28. The number of alkyl halides is 12. The number of imidazole rings is 2. The number of hydrogen-bond donors (Lipinski definition) is 0. The first-order chi connectivity index (χ1) is 28.8. The molecule has 0 N–H and O–H groups in total. The number of nitrogens with zero attached hydrogens (tertiary/aromatic N) is 8. The molecule has 4 aromatic heterocycles. The molecule has 0 aliphatic rings. The molecule has 0 atom stereocenters. The Hall–Kier alpha value is -6.60. The molecule has 0 aliphatic heterocycles. The van der Waals surface area contributed by atoms with E-state index < -0.39 is 47.0 Å². The van der Waals surface area contributed by atoms with Crippen molar-refractivity contribution in [2.24, 2.45) is 0 Å². The maximum Gasteiger partial charge on any atom is 0.415 e. The van der Waals surface area contributed by atoms with Crippen molar-refractivity contribution in [3.63, 3.8) is 0 Å². The van der Waals surface area contributed by atoms with Crippen molar-refractivity contribution in [3.05, 3.63) is 187 Å². The van der Waals surface area contributed by atoms with E-state index in [9.17, 15) is 52.7 Å². The van der Waals surface area contributed by atoms with Gasteiger partial charge in [-0.15, -0.1) is 12.1 Å². The van der Waals surface area contributed by atoms with Crippen molar-refractivity contribution >= 4 is 0 Å². The Bertz CT molecular complexity index is 2380. The molecule has 8 aromatic rings. The van der Waals surface area contributed by atoms with Gasteiger partial charge in [0.2, 0.25) is 0 Å². The zero-order chi connectivity index (χ0) is 44.0. The van der Waals surface area contributed by atoms with E-state index in [-0.39, 0.29) is 42.9 Å². The predicted molar refractivity (Wildman–Crippen MR) is 189 cm³/mol. The van der Waals surface area contributed by atoms with Crippen LogP contribution >= 0.6 is 0 Å². The third-order valence-corrected chi connectivity index (χ3v) is 8.09. The van der Waals surface area contributed by atoms with Crippen LogP contribution in [0.25, 0.3) is 34.3 Å². The summed E-state index contributed by atoms with van der Waals surface area (Å²) >= 11 is 0. The molecule has 0 bridgehead atoms. The molecule has 0 unspecified atom stereocenters. The van der Waals surface area contributed by atoms with E-state index in [2.05, 4.69) is 45.0 Å². The van der Waals surface area contributed by atoms with Crippen LogP contribution in [0.2, 0.25) is 0 Å². The van der Waals surface area contributed by atoms with Crippen LogP contribution in [0.1, 0.15) is 22.3 Å². The zero-order valence-corrected chi connectivity index (χ0v) is 33.1. The third-order valence-electron chi connectivity index (χ3n) is 8.09.